The van der Waals surface area contributed by atoms with E-state index in [1.165, 1.54) is 33.8 Å². The summed E-state index contributed by atoms with van der Waals surface area (Å²) in [5.41, 5.74) is 4.03. The number of hydrogen-bond acceptors (Lipinski definition) is 3. The lowest BCUT2D eigenvalue weighted by molar-refractivity contribution is -0.126. The number of fused-ring (bicyclic) bond motifs is 1. The molecule has 0 unspecified atom stereocenters. The normalized spacial score (nSPS) is 22.1. The van der Waals surface area contributed by atoms with Crippen LogP contribution < -0.4 is 5.32 Å². The van der Waals surface area contributed by atoms with Gasteiger partial charge in [-0.25, -0.2) is 12.7 Å². The predicted octanol–water partition coefficient (Wildman–Crippen LogP) is 3.19. The van der Waals surface area contributed by atoms with Crippen molar-refractivity contribution in [1.82, 2.24) is 9.62 Å². The highest BCUT2D eigenvalue weighted by Gasteiger charge is 2.32. The molecule has 6 heteroatoms. The highest BCUT2D eigenvalue weighted by molar-refractivity contribution is 7.89. The summed E-state index contributed by atoms with van der Waals surface area (Å²) in [4.78, 5) is 12.9. The van der Waals surface area contributed by atoms with Crippen LogP contribution in [0.15, 0.2) is 18.2 Å². The van der Waals surface area contributed by atoms with Crippen LogP contribution in [-0.2, 0) is 27.7 Å². The molecule has 0 spiro atoms. The van der Waals surface area contributed by atoms with Crippen LogP contribution in [0.5, 0.6) is 0 Å². The van der Waals surface area contributed by atoms with E-state index in [9.17, 15) is 13.2 Å². The first-order valence-corrected chi connectivity index (χ1v) is 12.0. The zero-order valence-electron chi connectivity index (χ0n) is 16.5. The van der Waals surface area contributed by atoms with Gasteiger partial charge in [-0.3, -0.25) is 4.79 Å². The molecule has 0 saturated carbocycles. The maximum Gasteiger partial charge on any atom is 0.224 e. The van der Waals surface area contributed by atoms with Crippen molar-refractivity contribution in [3.05, 3.63) is 34.9 Å². The van der Waals surface area contributed by atoms with Crippen LogP contribution in [0.1, 0.15) is 68.7 Å². The Morgan fingerprint density at radius 3 is 2.63 bits per heavy atom. The Hall–Kier alpha value is -1.40. The number of nitrogens with zero attached hydrogens (tertiary/aromatic N) is 1. The summed E-state index contributed by atoms with van der Waals surface area (Å²) in [5.74, 6) is -0.184. The van der Waals surface area contributed by atoms with Crippen LogP contribution in [0.3, 0.4) is 0 Å². The van der Waals surface area contributed by atoms with Gasteiger partial charge in [-0.15, -0.1) is 0 Å². The van der Waals surface area contributed by atoms with Gasteiger partial charge in [0.25, 0.3) is 0 Å². The molecule has 1 heterocycles. The van der Waals surface area contributed by atoms with Crippen LogP contribution in [0.4, 0.5) is 0 Å². The number of rotatable bonds is 6. The third kappa shape index (κ3) is 4.72. The maximum absolute atomic E-state index is 12.9. The van der Waals surface area contributed by atoms with Crippen molar-refractivity contribution < 1.29 is 13.2 Å². The summed E-state index contributed by atoms with van der Waals surface area (Å²) in [6.45, 7) is 4.58. The predicted molar refractivity (Wildman–Crippen MR) is 108 cm³/mol. The number of sulfonamides is 1. The molecule has 150 valence electrons. The van der Waals surface area contributed by atoms with Gasteiger partial charge < -0.3 is 5.32 Å². The lowest BCUT2D eigenvalue weighted by Crippen LogP contribution is -2.46. The van der Waals surface area contributed by atoms with Gasteiger partial charge >= 0.3 is 0 Å². The smallest absolute Gasteiger partial charge is 0.224 e. The lowest BCUT2D eigenvalue weighted by atomic mass is 9.88. The van der Waals surface area contributed by atoms with E-state index in [0.717, 1.165) is 32.1 Å². The minimum Gasteiger partial charge on any atom is -0.349 e. The number of aryl methyl sites for hydroxylation is 2. The second-order valence-corrected chi connectivity index (χ2v) is 10.1. The maximum atomic E-state index is 12.9. The van der Waals surface area contributed by atoms with Crippen LogP contribution >= 0.6 is 0 Å². The minimum atomic E-state index is -3.23. The number of carbonyl (C=O) groups is 1. The molecule has 1 aliphatic carbocycles. The average molecular weight is 393 g/mol. The molecule has 1 aromatic carbocycles. The zero-order valence-corrected chi connectivity index (χ0v) is 17.4. The van der Waals surface area contributed by atoms with Crippen molar-refractivity contribution in [3.8, 4) is 0 Å². The Bertz CT molecular complexity index is 776. The van der Waals surface area contributed by atoms with Crippen molar-refractivity contribution in [3.63, 3.8) is 0 Å². The summed E-state index contributed by atoms with van der Waals surface area (Å²) in [5, 5.41) is 3.19. The van der Waals surface area contributed by atoms with E-state index >= 15 is 0 Å². The fraction of sp³-hybridized carbons (Fsp3) is 0.667. The number of piperidine rings is 1. The number of hydrogen-bond donors (Lipinski definition) is 1. The van der Waals surface area contributed by atoms with Crippen molar-refractivity contribution in [2.75, 3.05) is 18.8 Å². The van der Waals surface area contributed by atoms with E-state index in [4.69, 9.17) is 0 Å². The molecule has 27 heavy (non-hydrogen) atoms. The van der Waals surface area contributed by atoms with Crippen molar-refractivity contribution in [1.29, 1.82) is 0 Å². The molecule has 1 aromatic rings. The van der Waals surface area contributed by atoms with Crippen molar-refractivity contribution >= 4 is 15.9 Å². The fourth-order valence-electron chi connectivity index (χ4n) is 4.27. The third-order valence-electron chi connectivity index (χ3n) is 6.01. The number of carbonyl (C=O) groups excluding carboxylic acids is 1. The Labute approximate surface area is 163 Å². The molecule has 2 atom stereocenters. The highest BCUT2D eigenvalue weighted by atomic mass is 32.2. The van der Waals surface area contributed by atoms with E-state index in [1.54, 1.807) is 6.92 Å². The molecule has 5 nitrogen and oxygen atoms in total. The molecule has 1 fully saturated rings. The molecular formula is C21H32N2O3S. The standard InChI is InChI=1S/C21H32N2O3S/c1-3-20(18-12-11-16-8-5-6-9-17(16)14-18)22-21(24)19-10-7-13-23(15-19)27(25,26)4-2/h11-12,14,19-20H,3-10,13,15H2,1-2H3,(H,22,24)/t19-,20-/m0/s1. The van der Waals surface area contributed by atoms with E-state index < -0.39 is 10.0 Å². The summed E-state index contributed by atoms with van der Waals surface area (Å²) in [6.07, 6.45) is 7.11. The minimum absolute atomic E-state index is 0.0112. The lowest BCUT2D eigenvalue weighted by Gasteiger charge is -2.32. The molecule has 0 bridgehead atoms. The monoisotopic (exact) mass is 392 g/mol. The van der Waals surface area contributed by atoms with Crippen LogP contribution in [0.2, 0.25) is 0 Å². The van der Waals surface area contributed by atoms with Gasteiger partial charge in [0, 0.05) is 13.1 Å². The van der Waals surface area contributed by atoms with Gasteiger partial charge in [0.2, 0.25) is 15.9 Å². The molecule has 1 saturated heterocycles. The molecule has 1 aliphatic heterocycles. The van der Waals surface area contributed by atoms with E-state index in [1.807, 2.05) is 0 Å². The summed E-state index contributed by atoms with van der Waals surface area (Å²) in [6, 6.07) is 6.61. The Kier molecular flexibility index (Phi) is 6.58. The van der Waals surface area contributed by atoms with Gasteiger partial charge in [-0.1, -0.05) is 25.1 Å². The molecule has 0 aromatic heterocycles. The van der Waals surface area contributed by atoms with Gasteiger partial charge in [-0.05, 0) is 68.6 Å². The SMILES string of the molecule is CC[C@H](NC(=O)[C@H]1CCCN(S(=O)(=O)CC)C1)c1ccc2c(c1)CCCC2. The van der Waals surface area contributed by atoms with Gasteiger partial charge in [0.15, 0.2) is 0 Å². The second-order valence-electron chi connectivity index (χ2n) is 7.80. The Balaban J connectivity index is 1.68. The Morgan fingerprint density at radius 2 is 1.93 bits per heavy atom. The quantitative estimate of drug-likeness (QED) is 0.808. The van der Waals surface area contributed by atoms with Crippen LogP contribution in [0.25, 0.3) is 0 Å². The van der Waals surface area contributed by atoms with Crippen LogP contribution in [-0.4, -0.2) is 37.5 Å². The van der Waals surface area contributed by atoms with Gasteiger partial charge in [-0.2, -0.15) is 0 Å². The molecule has 2 aliphatic rings. The van der Waals surface area contributed by atoms with Crippen LogP contribution in [0, 0.1) is 5.92 Å². The molecular weight excluding hydrogens is 360 g/mol. The van der Waals surface area contributed by atoms with Gasteiger partial charge in [0.05, 0.1) is 17.7 Å². The van der Waals surface area contributed by atoms with Crippen molar-refractivity contribution in [2.24, 2.45) is 5.92 Å². The first kappa shape index (κ1) is 20.3. The Morgan fingerprint density at radius 1 is 1.19 bits per heavy atom. The number of nitrogens with one attached hydrogen (secondary N) is 1. The second kappa shape index (κ2) is 8.74. The first-order valence-electron chi connectivity index (χ1n) is 10.3. The highest BCUT2D eigenvalue weighted by Crippen LogP contribution is 2.27. The molecule has 1 N–H and O–H groups in total. The van der Waals surface area contributed by atoms with Crippen molar-refractivity contribution in [2.45, 2.75) is 64.8 Å². The largest absolute Gasteiger partial charge is 0.349 e. The third-order valence-corrected chi connectivity index (χ3v) is 7.86. The fourth-order valence-corrected chi connectivity index (χ4v) is 5.45. The zero-order chi connectivity index (χ0) is 19.4. The van der Waals surface area contributed by atoms with E-state index in [0.29, 0.717) is 13.1 Å². The first-order chi connectivity index (χ1) is 12.9. The topological polar surface area (TPSA) is 66.5 Å². The number of benzene rings is 1. The number of amides is 1. The van der Waals surface area contributed by atoms with E-state index in [-0.39, 0.29) is 23.6 Å². The van der Waals surface area contributed by atoms with Gasteiger partial charge in [0.1, 0.15) is 0 Å². The summed E-state index contributed by atoms with van der Waals surface area (Å²) in [7, 11) is -3.23. The van der Waals surface area contributed by atoms with E-state index in [2.05, 4.69) is 30.4 Å². The molecule has 3 rings (SSSR count). The molecule has 1 amide bonds. The summed E-state index contributed by atoms with van der Waals surface area (Å²) < 4.78 is 25.8. The average Bonchev–Trinajstić information content (AvgIpc) is 2.71. The summed E-state index contributed by atoms with van der Waals surface area (Å²) >= 11 is 0. The molecule has 0 radical (unpaired) electrons.